The average molecular weight is 493 g/mol. The summed E-state index contributed by atoms with van der Waals surface area (Å²) in [5, 5.41) is 0.636. The van der Waals surface area contributed by atoms with E-state index in [-0.39, 0.29) is 11.2 Å². The molecule has 0 saturated carbocycles. The molecule has 5 rings (SSSR count). The highest BCUT2D eigenvalue weighted by atomic mass is 35.5. The Morgan fingerprint density at radius 2 is 1.43 bits per heavy atom. The monoisotopic (exact) mass is 492 g/mol. The molecule has 0 unspecified atom stereocenters. The average Bonchev–Trinajstić information content (AvgIpc) is 3.22. The summed E-state index contributed by atoms with van der Waals surface area (Å²) >= 11 is 6.46. The van der Waals surface area contributed by atoms with Crippen LogP contribution in [-0.2, 0) is 33.7 Å². The molecule has 0 radical (unpaired) electrons. The second-order valence-corrected chi connectivity index (χ2v) is 9.53. The van der Waals surface area contributed by atoms with E-state index in [0.717, 1.165) is 48.7 Å². The predicted molar refractivity (Wildman–Crippen MR) is 138 cm³/mol. The summed E-state index contributed by atoms with van der Waals surface area (Å²) in [5.41, 5.74) is 2.32. The van der Waals surface area contributed by atoms with Crippen molar-refractivity contribution >= 4 is 22.8 Å². The lowest BCUT2D eigenvalue weighted by Gasteiger charge is -2.34. The van der Waals surface area contributed by atoms with Crippen molar-refractivity contribution in [3.05, 3.63) is 97.4 Å². The first-order valence-electron chi connectivity index (χ1n) is 11.8. The van der Waals surface area contributed by atoms with Gasteiger partial charge in [-0.15, -0.1) is 0 Å². The van der Waals surface area contributed by atoms with Gasteiger partial charge in [0.2, 0.25) is 0 Å². The van der Waals surface area contributed by atoms with E-state index in [9.17, 15) is 9.59 Å². The van der Waals surface area contributed by atoms with Gasteiger partial charge in [0, 0.05) is 51.8 Å². The third-order valence-electron chi connectivity index (χ3n) is 6.79. The smallest absolute Gasteiger partial charge is 0.316 e. The Morgan fingerprint density at radius 1 is 0.800 bits per heavy atom. The molecule has 0 atom stereocenters. The normalized spacial score (nSPS) is 15.2. The van der Waals surface area contributed by atoms with Gasteiger partial charge in [-0.3, -0.25) is 23.7 Å². The number of benzene rings is 2. The van der Waals surface area contributed by atoms with Crippen molar-refractivity contribution in [2.45, 2.75) is 19.6 Å². The second kappa shape index (κ2) is 9.81. The first-order chi connectivity index (χ1) is 16.9. The van der Waals surface area contributed by atoms with Gasteiger partial charge in [-0.1, -0.05) is 60.1 Å². The van der Waals surface area contributed by atoms with Gasteiger partial charge >= 0.3 is 5.69 Å². The van der Waals surface area contributed by atoms with Crippen LogP contribution in [0.25, 0.3) is 11.2 Å². The fourth-order valence-electron chi connectivity index (χ4n) is 4.73. The van der Waals surface area contributed by atoms with Gasteiger partial charge in [0.05, 0.1) is 13.1 Å². The lowest BCUT2D eigenvalue weighted by Crippen LogP contribution is -2.45. The number of aryl methyl sites for hydroxylation is 1. The van der Waals surface area contributed by atoms with Crippen LogP contribution in [0.1, 0.15) is 17.0 Å². The van der Waals surface area contributed by atoms with Crippen LogP contribution >= 0.6 is 11.6 Å². The molecule has 8 nitrogen and oxygen atoms in total. The molecule has 2 aromatic carbocycles. The molecule has 0 N–H and O–H groups in total. The summed E-state index contributed by atoms with van der Waals surface area (Å²) in [6.45, 7) is 5.67. The first kappa shape index (κ1) is 23.5. The SMILES string of the molecule is Cn1c(=O)c2c(nc(CN3CCN(Cc4ccccc4)CC3)n2Cc2ccccc2Cl)n(C)c1=O. The van der Waals surface area contributed by atoms with Crippen molar-refractivity contribution in [2.24, 2.45) is 14.1 Å². The van der Waals surface area contributed by atoms with Crippen molar-refractivity contribution in [3.8, 4) is 0 Å². The fraction of sp³-hybridized carbons (Fsp3) is 0.346. The van der Waals surface area contributed by atoms with Crippen LogP contribution in [0, 0.1) is 0 Å². The van der Waals surface area contributed by atoms with E-state index in [4.69, 9.17) is 16.6 Å². The van der Waals surface area contributed by atoms with Gasteiger partial charge in [0.15, 0.2) is 11.2 Å². The first-order valence-corrected chi connectivity index (χ1v) is 12.2. The molecule has 4 aromatic rings. The molecule has 0 amide bonds. The van der Waals surface area contributed by atoms with Crippen molar-refractivity contribution in [1.82, 2.24) is 28.5 Å². The molecule has 0 bridgehead atoms. The van der Waals surface area contributed by atoms with Crippen molar-refractivity contribution < 1.29 is 0 Å². The molecule has 1 saturated heterocycles. The van der Waals surface area contributed by atoms with Crippen LogP contribution in [0.4, 0.5) is 0 Å². The number of nitrogens with zero attached hydrogens (tertiary/aromatic N) is 6. The summed E-state index contributed by atoms with van der Waals surface area (Å²) < 4.78 is 4.51. The molecule has 3 heterocycles. The molecule has 0 spiro atoms. The number of halogens is 1. The third-order valence-corrected chi connectivity index (χ3v) is 7.16. The Balaban J connectivity index is 1.44. The highest BCUT2D eigenvalue weighted by molar-refractivity contribution is 6.31. The minimum absolute atomic E-state index is 0.346. The van der Waals surface area contributed by atoms with Crippen LogP contribution in [0.5, 0.6) is 0 Å². The number of rotatable bonds is 6. The number of imidazole rings is 1. The van der Waals surface area contributed by atoms with Gasteiger partial charge in [-0.25, -0.2) is 9.78 Å². The maximum absolute atomic E-state index is 13.2. The maximum Gasteiger partial charge on any atom is 0.332 e. The Hall–Kier alpha value is -3.20. The molecule has 35 heavy (non-hydrogen) atoms. The molecular weight excluding hydrogens is 464 g/mol. The molecule has 1 aliphatic rings. The molecule has 0 aliphatic carbocycles. The van der Waals surface area contributed by atoms with Crippen molar-refractivity contribution in [3.63, 3.8) is 0 Å². The number of aromatic nitrogens is 4. The number of hydrogen-bond donors (Lipinski definition) is 0. The zero-order valence-electron chi connectivity index (χ0n) is 20.0. The summed E-state index contributed by atoms with van der Waals surface area (Å²) in [4.78, 5) is 35.3. The second-order valence-electron chi connectivity index (χ2n) is 9.12. The zero-order valence-corrected chi connectivity index (χ0v) is 20.8. The Kier molecular flexibility index (Phi) is 6.60. The van der Waals surface area contributed by atoms with Crippen LogP contribution in [-0.4, -0.2) is 54.7 Å². The van der Waals surface area contributed by atoms with E-state index in [2.05, 4.69) is 34.1 Å². The molecule has 1 fully saturated rings. The molecule has 1 aliphatic heterocycles. The molecule has 2 aromatic heterocycles. The van der Waals surface area contributed by atoms with Crippen molar-refractivity contribution in [1.29, 1.82) is 0 Å². The maximum atomic E-state index is 13.2. The Morgan fingerprint density at radius 3 is 2.11 bits per heavy atom. The zero-order chi connectivity index (χ0) is 24.5. The minimum atomic E-state index is -0.383. The standard InChI is InChI=1S/C26H29ClN6O2/c1-29-24-23(25(34)30(2)26(29)35)33(17-20-10-6-7-11-21(20)27)22(28-24)18-32-14-12-31(13-15-32)16-19-8-4-3-5-9-19/h3-11H,12-18H2,1-2H3. The molecular formula is C26H29ClN6O2. The number of piperazine rings is 1. The van der Waals surface area contributed by atoms with E-state index in [1.165, 1.54) is 17.2 Å². The predicted octanol–water partition coefficient (Wildman–Crippen LogP) is 2.45. The summed E-state index contributed by atoms with van der Waals surface area (Å²) in [5.74, 6) is 0.759. The van der Waals surface area contributed by atoms with Gasteiger partial charge in [0.1, 0.15) is 5.82 Å². The summed E-state index contributed by atoms with van der Waals surface area (Å²) in [6.07, 6.45) is 0. The van der Waals surface area contributed by atoms with Crippen LogP contribution in [0.3, 0.4) is 0 Å². The Labute approximate surface area is 208 Å². The topological polar surface area (TPSA) is 68.3 Å². The number of fused-ring (bicyclic) bond motifs is 1. The quantitative estimate of drug-likeness (QED) is 0.413. The molecule has 182 valence electrons. The van der Waals surface area contributed by atoms with Gasteiger partial charge in [0.25, 0.3) is 5.56 Å². The molecule has 9 heteroatoms. The minimum Gasteiger partial charge on any atom is -0.316 e. The van der Waals surface area contributed by atoms with E-state index in [1.54, 1.807) is 7.05 Å². The lowest BCUT2D eigenvalue weighted by molar-refractivity contribution is 0.119. The van der Waals surface area contributed by atoms with E-state index in [1.807, 2.05) is 34.9 Å². The Bertz CT molecular complexity index is 1470. The highest BCUT2D eigenvalue weighted by Gasteiger charge is 2.23. The summed E-state index contributed by atoms with van der Waals surface area (Å²) in [6, 6.07) is 18.1. The number of hydrogen-bond acceptors (Lipinski definition) is 5. The van der Waals surface area contributed by atoms with Gasteiger partial charge in [-0.2, -0.15) is 0 Å². The van der Waals surface area contributed by atoms with E-state index in [0.29, 0.717) is 29.3 Å². The fourth-order valence-corrected chi connectivity index (χ4v) is 4.92. The highest BCUT2D eigenvalue weighted by Crippen LogP contribution is 2.21. The van der Waals surface area contributed by atoms with Crippen LogP contribution < -0.4 is 11.2 Å². The van der Waals surface area contributed by atoms with Crippen LogP contribution in [0.15, 0.2) is 64.2 Å². The lowest BCUT2D eigenvalue weighted by atomic mass is 10.2. The van der Waals surface area contributed by atoms with Gasteiger partial charge < -0.3 is 4.57 Å². The van der Waals surface area contributed by atoms with Crippen molar-refractivity contribution in [2.75, 3.05) is 26.2 Å². The third kappa shape index (κ3) is 4.69. The largest absolute Gasteiger partial charge is 0.332 e. The van der Waals surface area contributed by atoms with E-state index >= 15 is 0 Å². The summed E-state index contributed by atoms with van der Waals surface area (Å²) in [7, 11) is 3.16. The van der Waals surface area contributed by atoms with Crippen LogP contribution in [0.2, 0.25) is 5.02 Å². The van der Waals surface area contributed by atoms with Gasteiger partial charge in [-0.05, 0) is 17.2 Å². The van der Waals surface area contributed by atoms with E-state index < -0.39 is 0 Å².